The van der Waals surface area contributed by atoms with E-state index in [9.17, 15) is 4.79 Å². The monoisotopic (exact) mass is 282 g/mol. The summed E-state index contributed by atoms with van der Waals surface area (Å²) in [6.45, 7) is 0.703. The molecule has 0 atom stereocenters. The number of rotatable bonds is 5. The molecule has 0 aliphatic heterocycles. The summed E-state index contributed by atoms with van der Waals surface area (Å²) in [6.07, 6.45) is 2.19. The highest BCUT2D eigenvalue weighted by Gasteiger charge is 2.07. The largest absolute Gasteiger partial charge is 0.477 e. The molecule has 0 amide bonds. The second kappa shape index (κ2) is 5.84. The van der Waals surface area contributed by atoms with Gasteiger partial charge in [-0.2, -0.15) is 0 Å². The fourth-order valence-electron chi connectivity index (χ4n) is 1.42. The Bertz CT molecular complexity index is 539. The van der Waals surface area contributed by atoms with Gasteiger partial charge >= 0.3 is 5.97 Å². The third kappa shape index (κ3) is 3.45. The van der Waals surface area contributed by atoms with Crippen LogP contribution in [0.4, 0.5) is 5.13 Å². The van der Waals surface area contributed by atoms with E-state index in [1.54, 1.807) is 0 Å². The van der Waals surface area contributed by atoms with E-state index in [1.165, 1.54) is 11.8 Å². The molecule has 0 fully saturated rings. The lowest BCUT2D eigenvalue weighted by molar-refractivity contribution is 0.0702. The molecule has 94 valence electrons. The number of aromatic carboxylic acids is 1. The zero-order chi connectivity index (χ0) is 13.0. The van der Waals surface area contributed by atoms with Gasteiger partial charge in [-0.1, -0.05) is 35.1 Å². The second-order valence-electron chi connectivity index (χ2n) is 3.64. The highest BCUT2D eigenvalue weighted by Crippen LogP contribution is 2.18. The van der Waals surface area contributed by atoms with Crippen LogP contribution in [-0.2, 0) is 6.42 Å². The first kappa shape index (κ1) is 12.9. The lowest BCUT2D eigenvalue weighted by atomic mass is 10.1. The molecule has 4 nitrogen and oxygen atoms in total. The summed E-state index contributed by atoms with van der Waals surface area (Å²) in [5.41, 5.74) is 1.17. The van der Waals surface area contributed by atoms with E-state index in [-0.39, 0.29) is 4.88 Å². The first-order chi connectivity index (χ1) is 8.65. The Balaban J connectivity index is 1.84. The molecule has 0 bridgehead atoms. The summed E-state index contributed by atoms with van der Waals surface area (Å²) in [6, 6.07) is 7.63. The van der Waals surface area contributed by atoms with Gasteiger partial charge in [0.1, 0.15) is 4.88 Å². The van der Waals surface area contributed by atoms with E-state index >= 15 is 0 Å². The van der Waals surface area contributed by atoms with Crippen LogP contribution >= 0.6 is 22.9 Å². The predicted molar refractivity (Wildman–Crippen MR) is 72.7 cm³/mol. The molecule has 0 saturated heterocycles. The van der Waals surface area contributed by atoms with Crippen LogP contribution in [-0.4, -0.2) is 22.6 Å². The fraction of sp³-hybridized carbons (Fsp3) is 0.167. The number of halogens is 1. The van der Waals surface area contributed by atoms with Gasteiger partial charge in [0.25, 0.3) is 0 Å². The predicted octanol–water partition coefficient (Wildman–Crippen LogP) is 3.15. The summed E-state index contributed by atoms with van der Waals surface area (Å²) in [5.74, 6) is -0.946. The number of carbonyl (C=O) groups is 1. The average Bonchev–Trinajstić information content (AvgIpc) is 2.81. The van der Waals surface area contributed by atoms with Gasteiger partial charge in [-0.05, 0) is 24.1 Å². The van der Waals surface area contributed by atoms with Crippen molar-refractivity contribution in [1.82, 2.24) is 4.98 Å². The van der Waals surface area contributed by atoms with Crippen molar-refractivity contribution >= 4 is 34.0 Å². The lowest BCUT2D eigenvalue weighted by Gasteiger charge is -2.02. The Morgan fingerprint density at radius 2 is 2.11 bits per heavy atom. The third-order valence-corrected chi connectivity index (χ3v) is 3.51. The lowest BCUT2D eigenvalue weighted by Crippen LogP contribution is -2.04. The van der Waals surface area contributed by atoms with E-state index in [2.05, 4.69) is 10.3 Å². The summed E-state index contributed by atoms with van der Waals surface area (Å²) in [4.78, 5) is 14.9. The normalized spacial score (nSPS) is 10.3. The van der Waals surface area contributed by atoms with Crippen LogP contribution in [0.3, 0.4) is 0 Å². The van der Waals surface area contributed by atoms with E-state index in [0.29, 0.717) is 11.7 Å². The number of carboxylic acid groups (broad SMARTS) is 1. The van der Waals surface area contributed by atoms with Crippen LogP contribution in [0.25, 0.3) is 0 Å². The Morgan fingerprint density at radius 3 is 2.72 bits per heavy atom. The first-order valence-corrected chi connectivity index (χ1v) is 6.52. The van der Waals surface area contributed by atoms with Gasteiger partial charge in [0.05, 0.1) is 6.20 Å². The van der Waals surface area contributed by atoms with Gasteiger partial charge in [-0.25, -0.2) is 9.78 Å². The molecule has 6 heteroatoms. The maximum Gasteiger partial charge on any atom is 0.347 e. The third-order valence-electron chi connectivity index (χ3n) is 2.32. The summed E-state index contributed by atoms with van der Waals surface area (Å²) >= 11 is 6.93. The maximum absolute atomic E-state index is 10.7. The van der Waals surface area contributed by atoms with Crippen molar-refractivity contribution in [2.45, 2.75) is 6.42 Å². The molecule has 2 N–H and O–H groups in total. The number of anilines is 1. The average molecular weight is 283 g/mol. The minimum Gasteiger partial charge on any atom is -0.477 e. The number of hydrogen-bond donors (Lipinski definition) is 2. The minimum absolute atomic E-state index is 0.240. The molecule has 2 aromatic rings. The molecule has 0 aliphatic carbocycles. The molecule has 1 aromatic carbocycles. The maximum atomic E-state index is 10.7. The van der Waals surface area contributed by atoms with E-state index in [4.69, 9.17) is 16.7 Å². The Labute approximate surface area is 113 Å². The van der Waals surface area contributed by atoms with Gasteiger partial charge in [0.2, 0.25) is 0 Å². The van der Waals surface area contributed by atoms with Crippen molar-refractivity contribution in [3.8, 4) is 0 Å². The van der Waals surface area contributed by atoms with Gasteiger partial charge in [-0.3, -0.25) is 0 Å². The Kier molecular flexibility index (Phi) is 4.17. The molecule has 0 saturated carbocycles. The van der Waals surface area contributed by atoms with Crippen LogP contribution in [0.1, 0.15) is 15.2 Å². The Morgan fingerprint density at radius 1 is 1.39 bits per heavy atom. The van der Waals surface area contributed by atoms with E-state index in [1.807, 2.05) is 24.3 Å². The highest BCUT2D eigenvalue weighted by atomic mass is 35.5. The van der Waals surface area contributed by atoms with Crippen LogP contribution in [0.2, 0.25) is 5.02 Å². The number of hydrogen-bond acceptors (Lipinski definition) is 4. The molecule has 0 unspecified atom stereocenters. The van der Waals surface area contributed by atoms with Crippen LogP contribution < -0.4 is 5.32 Å². The molecule has 0 radical (unpaired) electrons. The zero-order valence-corrected chi connectivity index (χ0v) is 11.0. The highest BCUT2D eigenvalue weighted by molar-refractivity contribution is 7.17. The topological polar surface area (TPSA) is 62.2 Å². The smallest absolute Gasteiger partial charge is 0.347 e. The van der Waals surface area contributed by atoms with Crippen molar-refractivity contribution in [3.63, 3.8) is 0 Å². The number of nitrogens with zero attached hydrogens (tertiary/aromatic N) is 1. The SMILES string of the molecule is O=C(O)c1cnc(NCCc2ccc(Cl)cc2)s1. The number of thiazole rings is 1. The molecule has 1 heterocycles. The first-order valence-electron chi connectivity index (χ1n) is 5.32. The van der Waals surface area contributed by atoms with Gasteiger partial charge in [0.15, 0.2) is 5.13 Å². The van der Waals surface area contributed by atoms with Crippen molar-refractivity contribution in [3.05, 3.63) is 45.9 Å². The minimum atomic E-state index is -0.946. The standard InChI is InChI=1S/C12H11ClN2O2S/c13-9-3-1-8(2-4-9)5-6-14-12-15-7-10(18-12)11(16)17/h1-4,7H,5-6H2,(H,14,15)(H,16,17). The molecule has 1 aromatic heterocycles. The van der Waals surface area contributed by atoms with Crippen LogP contribution in [0.15, 0.2) is 30.5 Å². The van der Waals surface area contributed by atoms with Crippen molar-refractivity contribution in [2.24, 2.45) is 0 Å². The van der Waals surface area contributed by atoms with Crippen molar-refractivity contribution < 1.29 is 9.90 Å². The van der Waals surface area contributed by atoms with Crippen LogP contribution in [0.5, 0.6) is 0 Å². The van der Waals surface area contributed by atoms with Crippen molar-refractivity contribution in [2.75, 3.05) is 11.9 Å². The molecular weight excluding hydrogens is 272 g/mol. The molecule has 2 rings (SSSR count). The molecule has 0 spiro atoms. The molecule has 0 aliphatic rings. The molecular formula is C12H11ClN2O2S. The van der Waals surface area contributed by atoms with Crippen LogP contribution in [0, 0.1) is 0 Å². The zero-order valence-electron chi connectivity index (χ0n) is 9.39. The van der Waals surface area contributed by atoms with Crippen molar-refractivity contribution in [1.29, 1.82) is 0 Å². The number of aromatic nitrogens is 1. The van der Waals surface area contributed by atoms with E-state index < -0.39 is 5.97 Å². The second-order valence-corrected chi connectivity index (χ2v) is 5.11. The van der Waals surface area contributed by atoms with E-state index in [0.717, 1.165) is 22.8 Å². The summed E-state index contributed by atoms with van der Waals surface area (Å²) < 4.78 is 0. The number of nitrogens with one attached hydrogen (secondary N) is 1. The summed E-state index contributed by atoms with van der Waals surface area (Å²) in [5, 5.41) is 13.2. The quantitative estimate of drug-likeness (QED) is 0.884. The molecule has 18 heavy (non-hydrogen) atoms. The Hall–Kier alpha value is -1.59. The van der Waals surface area contributed by atoms with Gasteiger partial charge < -0.3 is 10.4 Å². The fourth-order valence-corrected chi connectivity index (χ4v) is 2.23. The number of benzene rings is 1. The number of carboxylic acids is 1. The van der Waals surface area contributed by atoms with Gasteiger partial charge in [-0.15, -0.1) is 0 Å². The summed E-state index contributed by atoms with van der Waals surface area (Å²) in [7, 11) is 0. The van der Waals surface area contributed by atoms with Gasteiger partial charge in [0, 0.05) is 11.6 Å².